The molecule has 9 nitrogen and oxygen atoms in total. The Balaban J connectivity index is 0.000000509. The standard InChI is InChI=1S/C17H20F3N5O2.C2HF3O2/c1-24-7-3-4-11(9-24)21-14-16(27)25(2)15(23-22-14)12-6-5-10(8-13(12)26)17(18,19)20;3-2(4,5)1(6)7/h5-6,8,11,26H,3-4,7,9H2,1-2H3,(H,21,22);(H,6,7). The van der Waals surface area contributed by atoms with Crippen LogP contribution in [0.15, 0.2) is 23.0 Å². The van der Waals surface area contributed by atoms with Gasteiger partial charge >= 0.3 is 18.3 Å². The Hall–Kier alpha value is -3.36. The van der Waals surface area contributed by atoms with E-state index in [-0.39, 0.29) is 23.2 Å². The van der Waals surface area contributed by atoms with Gasteiger partial charge in [-0.1, -0.05) is 0 Å². The van der Waals surface area contributed by atoms with E-state index in [0.717, 1.165) is 42.6 Å². The first-order valence-corrected chi connectivity index (χ1v) is 9.70. The van der Waals surface area contributed by atoms with Gasteiger partial charge in [-0.15, -0.1) is 10.2 Å². The van der Waals surface area contributed by atoms with E-state index in [2.05, 4.69) is 20.4 Å². The van der Waals surface area contributed by atoms with Crippen LogP contribution in [0.25, 0.3) is 11.4 Å². The molecule has 15 heteroatoms. The van der Waals surface area contributed by atoms with Crippen molar-refractivity contribution >= 4 is 11.8 Å². The van der Waals surface area contributed by atoms with E-state index in [1.54, 1.807) is 0 Å². The number of nitrogens with one attached hydrogen (secondary N) is 1. The first-order valence-electron chi connectivity index (χ1n) is 9.70. The number of carbonyl (C=O) groups is 1. The van der Waals surface area contributed by atoms with Gasteiger partial charge in [0.15, 0.2) is 5.82 Å². The number of likely N-dealkylation sites (N-methyl/N-ethyl adjacent to an activating group) is 1. The van der Waals surface area contributed by atoms with E-state index in [0.29, 0.717) is 6.07 Å². The van der Waals surface area contributed by atoms with Crippen molar-refractivity contribution in [1.82, 2.24) is 19.7 Å². The predicted molar refractivity (Wildman–Crippen MR) is 107 cm³/mol. The van der Waals surface area contributed by atoms with Crippen molar-refractivity contribution in [3.63, 3.8) is 0 Å². The number of phenols is 1. The maximum absolute atomic E-state index is 12.7. The van der Waals surface area contributed by atoms with Gasteiger partial charge < -0.3 is 20.4 Å². The predicted octanol–water partition coefficient (Wildman–Crippen LogP) is 2.71. The number of carboxylic acids is 1. The molecule has 1 fully saturated rings. The van der Waals surface area contributed by atoms with Crippen molar-refractivity contribution < 1.29 is 41.4 Å². The normalized spacial score (nSPS) is 17.0. The second-order valence-corrected chi connectivity index (χ2v) is 7.51. The first kappa shape index (κ1) is 26.9. The van der Waals surface area contributed by atoms with Crippen molar-refractivity contribution in [2.75, 3.05) is 25.5 Å². The lowest BCUT2D eigenvalue weighted by Gasteiger charge is -2.30. The lowest BCUT2D eigenvalue weighted by Crippen LogP contribution is -2.41. The van der Waals surface area contributed by atoms with E-state index in [4.69, 9.17) is 9.90 Å². The Kier molecular flexibility index (Phi) is 8.13. The van der Waals surface area contributed by atoms with E-state index >= 15 is 0 Å². The molecule has 2 heterocycles. The molecule has 2 aromatic rings. The van der Waals surface area contributed by atoms with Crippen LogP contribution in [0.4, 0.5) is 32.2 Å². The highest BCUT2D eigenvalue weighted by atomic mass is 19.4. The number of aromatic nitrogens is 3. The maximum Gasteiger partial charge on any atom is 0.490 e. The molecular weight excluding hydrogens is 476 g/mol. The van der Waals surface area contributed by atoms with Crippen LogP contribution in [0, 0.1) is 0 Å². The highest BCUT2D eigenvalue weighted by molar-refractivity contribution is 5.73. The molecule has 1 aromatic carbocycles. The topological polar surface area (TPSA) is 121 Å². The van der Waals surface area contributed by atoms with Crippen LogP contribution in [0.5, 0.6) is 5.75 Å². The molecule has 1 unspecified atom stereocenters. The minimum absolute atomic E-state index is 0.000880. The van der Waals surface area contributed by atoms with Gasteiger partial charge in [0.1, 0.15) is 5.75 Å². The Labute approximate surface area is 188 Å². The van der Waals surface area contributed by atoms with Crippen LogP contribution >= 0.6 is 0 Å². The van der Waals surface area contributed by atoms with Crippen molar-refractivity contribution in [2.24, 2.45) is 7.05 Å². The van der Waals surface area contributed by atoms with Gasteiger partial charge in [0.05, 0.1) is 11.1 Å². The molecule has 188 valence electrons. The van der Waals surface area contributed by atoms with Gasteiger partial charge in [-0.25, -0.2) is 4.79 Å². The zero-order valence-electron chi connectivity index (χ0n) is 17.9. The number of likely N-dealkylation sites (tertiary alicyclic amines) is 1. The summed E-state index contributed by atoms with van der Waals surface area (Å²) in [5, 5.41) is 28.0. The number of benzene rings is 1. The number of rotatable bonds is 3. The number of hydrogen-bond donors (Lipinski definition) is 3. The third kappa shape index (κ3) is 6.82. The molecular formula is C19H21F6N5O4. The summed E-state index contributed by atoms with van der Waals surface area (Å²) >= 11 is 0. The molecule has 3 rings (SSSR count). The van der Waals surface area contributed by atoms with Gasteiger partial charge in [0.25, 0.3) is 5.56 Å². The minimum Gasteiger partial charge on any atom is -0.507 e. The van der Waals surface area contributed by atoms with Crippen LogP contribution in [0.1, 0.15) is 18.4 Å². The molecule has 1 aromatic heterocycles. The summed E-state index contributed by atoms with van der Waals surface area (Å²) in [5.41, 5.74) is -1.45. The maximum atomic E-state index is 12.7. The van der Waals surface area contributed by atoms with Crippen LogP contribution in [0.2, 0.25) is 0 Å². The number of anilines is 1. The number of alkyl halides is 6. The van der Waals surface area contributed by atoms with E-state index in [1.807, 2.05) is 7.05 Å². The second-order valence-electron chi connectivity index (χ2n) is 7.51. The Bertz CT molecular complexity index is 1090. The van der Waals surface area contributed by atoms with Crippen molar-refractivity contribution in [3.8, 4) is 17.1 Å². The average Bonchev–Trinajstić information content (AvgIpc) is 2.71. The molecule has 0 aliphatic carbocycles. The van der Waals surface area contributed by atoms with Crippen LogP contribution in [-0.2, 0) is 18.0 Å². The van der Waals surface area contributed by atoms with E-state index < -0.39 is 35.2 Å². The van der Waals surface area contributed by atoms with Gasteiger partial charge in [0.2, 0.25) is 5.82 Å². The second kappa shape index (κ2) is 10.3. The zero-order valence-corrected chi connectivity index (χ0v) is 17.9. The molecule has 1 aliphatic rings. The molecule has 34 heavy (non-hydrogen) atoms. The molecule has 1 saturated heterocycles. The molecule has 1 atom stereocenters. The lowest BCUT2D eigenvalue weighted by molar-refractivity contribution is -0.192. The van der Waals surface area contributed by atoms with E-state index in [9.17, 15) is 36.2 Å². The number of nitrogens with zero attached hydrogens (tertiary/aromatic N) is 4. The number of carboxylic acid groups (broad SMARTS) is 1. The summed E-state index contributed by atoms with van der Waals surface area (Å²) in [6.45, 7) is 1.76. The monoisotopic (exact) mass is 497 g/mol. The number of hydrogen-bond acceptors (Lipinski definition) is 7. The summed E-state index contributed by atoms with van der Waals surface area (Å²) < 4.78 is 71.1. The minimum atomic E-state index is -5.08. The molecule has 0 amide bonds. The van der Waals surface area contributed by atoms with Gasteiger partial charge in [-0.05, 0) is 44.6 Å². The van der Waals surface area contributed by atoms with Crippen LogP contribution < -0.4 is 10.9 Å². The smallest absolute Gasteiger partial charge is 0.490 e. The van der Waals surface area contributed by atoms with Gasteiger partial charge in [-0.2, -0.15) is 26.3 Å². The van der Waals surface area contributed by atoms with Crippen LogP contribution in [-0.4, -0.2) is 68.2 Å². The summed E-state index contributed by atoms with van der Waals surface area (Å²) in [5.74, 6) is -3.32. The van der Waals surface area contributed by atoms with Crippen molar-refractivity contribution in [3.05, 3.63) is 34.1 Å². The Morgan fingerprint density at radius 3 is 2.26 bits per heavy atom. The highest BCUT2D eigenvalue weighted by Gasteiger charge is 2.38. The molecule has 0 saturated carbocycles. The molecule has 0 spiro atoms. The molecule has 3 N–H and O–H groups in total. The SMILES string of the molecule is CN1CCCC(Nc2nnc(-c3ccc(C(F)(F)F)cc3O)n(C)c2=O)C1.O=C(O)C(F)(F)F. The number of halogens is 6. The molecule has 0 bridgehead atoms. The van der Waals surface area contributed by atoms with Gasteiger partial charge in [0, 0.05) is 19.6 Å². The quantitative estimate of drug-likeness (QED) is 0.554. The molecule has 1 aliphatic heterocycles. The largest absolute Gasteiger partial charge is 0.507 e. The summed E-state index contributed by atoms with van der Waals surface area (Å²) in [4.78, 5) is 23.6. The lowest BCUT2D eigenvalue weighted by atomic mass is 10.1. The zero-order chi connectivity index (χ0) is 25.8. The summed E-state index contributed by atoms with van der Waals surface area (Å²) in [6, 6.07) is 2.57. The summed E-state index contributed by atoms with van der Waals surface area (Å²) in [6.07, 6.45) is -7.76. The number of phenolic OH excluding ortho intramolecular Hbond substituents is 1. The number of aromatic hydroxyl groups is 1. The number of aliphatic carboxylic acids is 1. The fraction of sp³-hybridized carbons (Fsp3) is 0.474. The van der Waals surface area contributed by atoms with E-state index in [1.165, 1.54) is 7.05 Å². The Morgan fingerprint density at radius 1 is 1.15 bits per heavy atom. The Morgan fingerprint density at radius 2 is 1.76 bits per heavy atom. The fourth-order valence-corrected chi connectivity index (χ4v) is 3.16. The third-order valence-corrected chi connectivity index (χ3v) is 4.84. The first-order chi connectivity index (χ1) is 15.6. The molecule has 0 radical (unpaired) electrons. The third-order valence-electron chi connectivity index (χ3n) is 4.84. The average molecular weight is 497 g/mol. The summed E-state index contributed by atoms with van der Waals surface area (Å²) in [7, 11) is 3.43. The van der Waals surface area contributed by atoms with Crippen molar-refractivity contribution in [1.29, 1.82) is 0 Å². The van der Waals surface area contributed by atoms with Gasteiger partial charge in [-0.3, -0.25) is 9.36 Å². The number of piperidine rings is 1. The fourth-order valence-electron chi connectivity index (χ4n) is 3.16. The van der Waals surface area contributed by atoms with Crippen LogP contribution in [0.3, 0.4) is 0 Å². The highest BCUT2D eigenvalue weighted by Crippen LogP contribution is 2.35. The van der Waals surface area contributed by atoms with Crippen molar-refractivity contribution in [2.45, 2.75) is 31.2 Å².